The van der Waals surface area contributed by atoms with E-state index < -0.39 is 83.2 Å². The maximum atomic E-state index is 11.6. The summed E-state index contributed by atoms with van der Waals surface area (Å²) >= 11 is 0. The number of nitrogens with two attached hydrogens (primary N) is 1. The molecule has 0 radical (unpaired) electrons. The first-order valence-electron chi connectivity index (χ1n) is 13.2. The van der Waals surface area contributed by atoms with Crippen LogP contribution in [0.3, 0.4) is 0 Å². The Morgan fingerprint density at radius 1 is 1.04 bits per heavy atom. The van der Waals surface area contributed by atoms with E-state index in [1.165, 1.54) is 12.1 Å². The Morgan fingerprint density at radius 2 is 1.85 bits per heavy atom. The quantitative estimate of drug-likeness (QED) is 0.585. The van der Waals surface area contributed by atoms with Crippen LogP contribution in [0.25, 0.3) is 22.3 Å². The standard InChI is InChI=1S/C22H20N2O3/c23-21(25)12-10-18-13-16(15-5-2-1-3-6-15)9-11-20(18)17-7-4-8-19(14-17)24-22(26)27/h1-9,11,13-14,24H,10,12H2,(H2,23,25)(H,26,27)/i1T,2T,4T,5T,7T,8T,9T,11T,13T,14T/hT. The monoisotopic (exact) mass is 382 g/mol. The lowest BCUT2D eigenvalue weighted by Gasteiger charge is -2.13. The minimum Gasteiger partial charge on any atom is -0.465 e. The van der Waals surface area contributed by atoms with Gasteiger partial charge in [-0.2, -0.15) is 0 Å². The van der Waals surface area contributed by atoms with Gasteiger partial charge in [0.2, 0.25) is 5.91 Å². The Kier molecular flexibility index (Phi) is 2.69. The third kappa shape index (κ3) is 4.73. The SMILES string of the molecule is [3H]c1ccc(-c2c([3H])c([3H])c(-c3c([3H])c([3H])c([3H])c(N([3H])C(=O)O)c3[3H])c(CCC(N)=O)c2[3H])c([3H])c1[3H]. The van der Waals surface area contributed by atoms with E-state index in [1.54, 1.807) is 0 Å². The van der Waals surface area contributed by atoms with E-state index in [9.17, 15) is 14.7 Å². The third-order valence-corrected chi connectivity index (χ3v) is 3.45. The molecule has 0 fully saturated rings. The zero-order valence-electron chi connectivity index (χ0n) is 24.9. The number of primary amides is 1. The molecule has 2 amide bonds. The number of carboxylic acid groups (broad SMARTS) is 1. The Balaban J connectivity index is 2.54. The number of carbonyl (C=O) groups is 2. The lowest BCUT2D eigenvalue weighted by molar-refractivity contribution is -0.117. The Hall–Kier alpha value is -3.60. The Bertz CT molecular complexity index is 1510. The lowest BCUT2D eigenvalue weighted by Crippen LogP contribution is -2.11. The fourth-order valence-corrected chi connectivity index (χ4v) is 2.30. The van der Waals surface area contributed by atoms with Gasteiger partial charge in [-0.25, -0.2) is 4.79 Å². The molecule has 0 atom stereocenters. The van der Waals surface area contributed by atoms with E-state index in [1.807, 2.05) is 0 Å². The van der Waals surface area contributed by atoms with Crippen molar-refractivity contribution in [2.45, 2.75) is 12.8 Å². The van der Waals surface area contributed by atoms with Crippen LogP contribution in [-0.2, 0) is 11.2 Å². The number of benzene rings is 3. The summed E-state index contributed by atoms with van der Waals surface area (Å²) in [6, 6.07) is -4.18. The molecule has 0 aliphatic heterocycles. The molecule has 136 valence electrons. The molecule has 3 aromatic rings. The summed E-state index contributed by atoms with van der Waals surface area (Å²) in [5.74, 6) is -0.810. The van der Waals surface area contributed by atoms with Crippen molar-refractivity contribution in [1.29, 1.82) is 0 Å². The van der Waals surface area contributed by atoms with Crippen LogP contribution in [0.15, 0.2) is 72.6 Å². The maximum absolute atomic E-state index is 11.6. The number of amides is 2. The topological polar surface area (TPSA) is 92.4 Å². The molecule has 0 heterocycles. The second kappa shape index (κ2) is 8.19. The van der Waals surface area contributed by atoms with E-state index in [2.05, 4.69) is 0 Å². The van der Waals surface area contributed by atoms with Crippen LogP contribution in [-0.4, -0.2) is 17.1 Å². The summed E-state index contributed by atoms with van der Waals surface area (Å²) in [4.78, 5) is 23.0. The van der Waals surface area contributed by atoms with Gasteiger partial charge in [-0.05, 0) is 46.3 Å². The minimum absolute atomic E-state index is 0.120. The maximum Gasteiger partial charge on any atom is 0.409 e. The van der Waals surface area contributed by atoms with Crippen LogP contribution in [0.2, 0.25) is 1.41 Å². The summed E-state index contributed by atoms with van der Waals surface area (Å²) in [7, 11) is 0. The van der Waals surface area contributed by atoms with Crippen molar-refractivity contribution < 1.29 is 29.8 Å². The van der Waals surface area contributed by atoms with Crippen LogP contribution >= 0.6 is 0 Å². The molecule has 0 saturated carbocycles. The summed E-state index contributed by atoms with van der Waals surface area (Å²) in [6.45, 7) is 0. The van der Waals surface area contributed by atoms with E-state index >= 15 is 0 Å². The molecule has 0 spiro atoms. The summed E-state index contributed by atoms with van der Waals surface area (Å²) in [5, 5.41) is 9.01. The molecule has 0 unspecified atom stereocenters. The van der Waals surface area contributed by atoms with Crippen LogP contribution in [0.5, 0.6) is 0 Å². The predicted octanol–water partition coefficient (Wildman–Crippen LogP) is 4.53. The zero-order valence-corrected chi connectivity index (χ0v) is 13.9. The highest BCUT2D eigenvalue weighted by Crippen LogP contribution is 2.31. The first kappa shape index (κ1) is 8.86. The van der Waals surface area contributed by atoms with Crippen LogP contribution in [0, 0.1) is 0 Å². The van der Waals surface area contributed by atoms with Crippen molar-refractivity contribution in [2.75, 3.05) is 5.31 Å². The van der Waals surface area contributed by atoms with Gasteiger partial charge in [0.1, 0.15) is 0 Å². The number of carbonyl (C=O) groups excluding carboxylic acids is 1. The van der Waals surface area contributed by atoms with Gasteiger partial charge in [-0.1, -0.05) is 60.5 Å². The first-order chi connectivity index (χ1) is 17.6. The van der Waals surface area contributed by atoms with Gasteiger partial charge < -0.3 is 10.8 Å². The second-order valence-corrected chi connectivity index (χ2v) is 5.33. The molecule has 5 nitrogen and oxygen atoms in total. The number of hydrogen-bond acceptors (Lipinski definition) is 2. The third-order valence-electron chi connectivity index (χ3n) is 3.45. The number of hydrogen-bond donors (Lipinski definition) is 3. The molecule has 0 aromatic heterocycles. The van der Waals surface area contributed by atoms with E-state index in [0.717, 1.165) is 0 Å². The van der Waals surface area contributed by atoms with E-state index in [0.29, 0.717) is 0 Å². The molecule has 3 rings (SSSR count). The van der Waals surface area contributed by atoms with Crippen molar-refractivity contribution in [3.05, 3.63) is 78.1 Å². The van der Waals surface area contributed by atoms with Crippen molar-refractivity contribution in [2.24, 2.45) is 5.73 Å². The van der Waals surface area contributed by atoms with Gasteiger partial charge in [0.25, 0.3) is 0 Å². The van der Waals surface area contributed by atoms with Gasteiger partial charge in [-0.3, -0.25) is 10.1 Å². The van der Waals surface area contributed by atoms with Gasteiger partial charge in [0.15, 0.2) is 1.41 Å². The molecule has 4 N–H and O–H groups in total. The highest BCUT2D eigenvalue weighted by Gasteiger charge is 2.10. The lowest BCUT2D eigenvalue weighted by atomic mass is 9.92. The molecular formula is C22H20N2O3. The molecular weight excluding hydrogens is 340 g/mol. The number of rotatable bonds is 6. The summed E-state index contributed by atoms with van der Waals surface area (Å²) < 4.78 is 90.8. The summed E-state index contributed by atoms with van der Waals surface area (Å²) in [6.07, 6.45) is -2.61. The normalized spacial score (nSPS) is 16.1. The molecule has 3 aromatic carbocycles. The van der Waals surface area contributed by atoms with Gasteiger partial charge in [0, 0.05) is 12.1 Å². The molecule has 0 bridgehead atoms. The van der Waals surface area contributed by atoms with Crippen molar-refractivity contribution >= 4 is 17.7 Å². The molecule has 0 aliphatic rings. The van der Waals surface area contributed by atoms with Gasteiger partial charge in [-0.15, -0.1) is 0 Å². The van der Waals surface area contributed by atoms with Crippen molar-refractivity contribution in [3.63, 3.8) is 0 Å². The fraction of sp³-hybridized carbons (Fsp3) is 0.0909. The molecule has 0 saturated heterocycles. The highest BCUT2D eigenvalue weighted by molar-refractivity contribution is 5.85. The molecule has 27 heavy (non-hydrogen) atoms. The second-order valence-electron chi connectivity index (χ2n) is 5.33. The van der Waals surface area contributed by atoms with E-state index in [-0.39, 0.29) is 40.9 Å². The van der Waals surface area contributed by atoms with Gasteiger partial charge >= 0.3 is 6.09 Å². The Labute approximate surface area is 173 Å². The smallest absolute Gasteiger partial charge is 0.409 e. The fourth-order valence-electron chi connectivity index (χ4n) is 2.30. The molecule has 0 aliphatic carbocycles. The number of nitrogens with one attached hydrogen (secondary N) is 1. The Morgan fingerprint density at radius 3 is 2.63 bits per heavy atom. The van der Waals surface area contributed by atoms with Crippen LogP contribution < -0.4 is 11.0 Å². The van der Waals surface area contributed by atoms with Crippen LogP contribution in [0.4, 0.5) is 10.5 Å². The highest BCUT2D eigenvalue weighted by atomic mass is 16.4. The van der Waals surface area contributed by atoms with E-state index in [4.69, 9.17) is 20.9 Å². The van der Waals surface area contributed by atoms with Crippen LogP contribution in [0.1, 0.15) is 25.7 Å². The first-order valence-corrected chi connectivity index (χ1v) is 7.74. The molecule has 5 heteroatoms. The average molecular weight is 383 g/mol. The zero-order chi connectivity index (χ0) is 28.8. The predicted molar refractivity (Wildman–Crippen MR) is 106 cm³/mol. The van der Waals surface area contributed by atoms with Gasteiger partial charge in [0.05, 0.1) is 13.7 Å². The van der Waals surface area contributed by atoms with Crippen molar-refractivity contribution in [1.82, 2.24) is 0 Å². The van der Waals surface area contributed by atoms with Crippen molar-refractivity contribution in [3.8, 4) is 22.3 Å². The number of anilines is 1. The summed E-state index contributed by atoms with van der Waals surface area (Å²) in [5.41, 5.74) is 2.78. The minimum atomic E-state index is -1.89. The largest absolute Gasteiger partial charge is 0.465 e. The average Bonchev–Trinajstić information content (AvgIpc) is 2.85.